The molecule has 3 aliphatic rings. The highest BCUT2D eigenvalue weighted by molar-refractivity contribution is 4.63. The predicted octanol–water partition coefficient (Wildman–Crippen LogP) is 16.6. The van der Waals surface area contributed by atoms with E-state index in [4.69, 9.17) is 0 Å². The average molecular weight is 603 g/mol. The SMILES string of the molecule is C1CCCCCCCCC1.C1CCCCCCCCC1.CCCCCCCCCCCCCC1CCCCCCCCC1. The molecule has 0 spiro atoms. The van der Waals surface area contributed by atoms with Gasteiger partial charge in [0.2, 0.25) is 0 Å². The molecule has 0 heterocycles. The Hall–Kier alpha value is 0. The first-order valence-corrected chi connectivity index (χ1v) is 21.4. The molecule has 0 bridgehead atoms. The van der Waals surface area contributed by atoms with Gasteiger partial charge in [-0.3, -0.25) is 0 Å². The molecule has 0 heteroatoms. The van der Waals surface area contributed by atoms with Crippen LogP contribution in [0.25, 0.3) is 0 Å². The average Bonchev–Trinajstić information content (AvgIpc) is 3.05. The van der Waals surface area contributed by atoms with Crippen LogP contribution >= 0.6 is 0 Å². The lowest BCUT2D eigenvalue weighted by Crippen LogP contribution is -2.02. The van der Waals surface area contributed by atoms with Crippen LogP contribution in [-0.2, 0) is 0 Å². The van der Waals surface area contributed by atoms with E-state index in [-0.39, 0.29) is 0 Å². The fourth-order valence-corrected chi connectivity index (χ4v) is 7.82. The second-order valence-electron chi connectivity index (χ2n) is 15.3. The molecule has 3 saturated carbocycles. The highest BCUT2D eigenvalue weighted by Crippen LogP contribution is 2.26. The van der Waals surface area contributed by atoms with Crippen molar-refractivity contribution in [1.82, 2.24) is 0 Å². The van der Waals surface area contributed by atoms with Crippen LogP contribution in [0.15, 0.2) is 0 Å². The molecule has 0 aromatic rings. The Labute approximate surface area is 275 Å². The molecule has 43 heavy (non-hydrogen) atoms. The predicted molar refractivity (Wildman–Crippen MR) is 198 cm³/mol. The molecule has 0 aliphatic heterocycles. The van der Waals surface area contributed by atoms with Crippen LogP contribution in [0.2, 0.25) is 0 Å². The molecule has 0 radical (unpaired) electrons. The summed E-state index contributed by atoms with van der Waals surface area (Å²) in [6.45, 7) is 2.31. The zero-order valence-electron chi connectivity index (χ0n) is 30.6. The Morgan fingerprint density at radius 3 is 0.721 bits per heavy atom. The molecule has 3 rings (SSSR count). The van der Waals surface area contributed by atoms with E-state index in [1.54, 1.807) is 0 Å². The third-order valence-electron chi connectivity index (χ3n) is 10.9. The monoisotopic (exact) mass is 603 g/mol. The first-order valence-electron chi connectivity index (χ1n) is 21.4. The van der Waals surface area contributed by atoms with Crippen molar-refractivity contribution in [2.75, 3.05) is 0 Å². The van der Waals surface area contributed by atoms with Crippen LogP contribution in [0, 0.1) is 5.92 Å². The van der Waals surface area contributed by atoms with Gasteiger partial charge in [0.05, 0.1) is 0 Å². The zero-order valence-corrected chi connectivity index (χ0v) is 30.6. The minimum Gasteiger partial charge on any atom is -0.0654 e. The first kappa shape index (κ1) is 41.0. The van der Waals surface area contributed by atoms with Crippen molar-refractivity contribution in [3.63, 3.8) is 0 Å². The third-order valence-corrected chi connectivity index (χ3v) is 10.9. The summed E-state index contributed by atoms with van der Waals surface area (Å²) in [6.07, 6.45) is 61.5. The summed E-state index contributed by atoms with van der Waals surface area (Å²) in [5.41, 5.74) is 0. The number of hydrogen-bond acceptors (Lipinski definition) is 0. The molecule has 0 atom stereocenters. The summed E-state index contributed by atoms with van der Waals surface area (Å²) in [6, 6.07) is 0. The van der Waals surface area contributed by atoms with Gasteiger partial charge in [-0.2, -0.15) is 0 Å². The summed E-state index contributed by atoms with van der Waals surface area (Å²) < 4.78 is 0. The molecule has 0 saturated heterocycles. The van der Waals surface area contributed by atoms with Crippen molar-refractivity contribution >= 4 is 0 Å². The number of rotatable bonds is 12. The first-order chi connectivity index (χ1) is 21.4. The second kappa shape index (κ2) is 36.5. The highest BCUT2D eigenvalue weighted by atomic mass is 14.2. The van der Waals surface area contributed by atoms with Crippen LogP contribution in [-0.4, -0.2) is 0 Å². The van der Waals surface area contributed by atoms with E-state index in [2.05, 4.69) is 6.92 Å². The molecule has 0 aromatic carbocycles. The summed E-state index contributed by atoms with van der Waals surface area (Å²) in [4.78, 5) is 0. The maximum absolute atomic E-state index is 2.31. The van der Waals surface area contributed by atoms with Crippen LogP contribution in [0.4, 0.5) is 0 Å². The van der Waals surface area contributed by atoms with Crippen molar-refractivity contribution in [2.24, 2.45) is 5.92 Å². The third kappa shape index (κ3) is 33.2. The summed E-state index contributed by atoms with van der Waals surface area (Å²) in [7, 11) is 0. The van der Waals surface area contributed by atoms with Gasteiger partial charge in [0, 0.05) is 0 Å². The van der Waals surface area contributed by atoms with Gasteiger partial charge < -0.3 is 0 Å². The smallest absolute Gasteiger partial charge is 0.0414 e. The Morgan fingerprint density at radius 1 is 0.256 bits per heavy atom. The quantitative estimate of drug-likeness (QED) is 0.195. The molecule has 0 nitrogen and oxygen atoms in total. The minimum absolute atomic E-state index is 1.08. The van der Waals surface area contributed by atoms with E-state index >= 15 is 0 Å². The fourth-order valence-electron chi connectivity index (χ4n) is 7.82. The molecule has 0 unspecified atom stereocenters. The lowest BCUT2D eigenvalue weighted by atomic mass is 9.88. The van der Waals surface area contributed by atoms with Gasteiger partial charge in [-0.15, -0.1) is 0 Å². The van der Waals surface area contributed by atoms with E-state index in [9.17, 15) is 0 Å². The Balaban J connectivity index is 0.000000378. The topological polar surface area (TPSA) is 0 Å². The van der Waals surface area contributed by atoms with E-state index in [1.165, 1.54) is 263 Å². The Morgan fingerprint density at radius 2 is 0.465 bits per heavy atom. The van der Waals surface area contributed by atoms with Crippen molar-refractivity contribution in [1.29, 1.82) is 0 Å². The maximum Gasteiger partial charge on any atom is -0.0414 e. The summed E-state index contributed by atoms with van der Waals surface area (Å²) >= 11 is 0. The summed E-state index contributed by atoms with van der Waals surface area (Å²) in [5, 5.41) is 0. The van der Waals surface area contributed by atoms with Gasteiger partial charge >= 0.3 is 0 Å². The van der Waals surface area contributed by atoms with Gasteiger partial charge in [-0.05, 0) is 5.92 Å². The normalized spacial score (nSPS) is 20.9. The minimum atomic E-state index is 1.08. The molecule has 3 fully saturated rings. The molecular formula is C43H86. The van der Waals surface area contributed by atoms with Crippen molar-refractivity contribution in [2.45, 2.75) is 270 Å². The van der Waals surface area contributed by atoms with Crippen LogP contribution in [0.1, 0.15) is 270 Å². The largest absolute Gasteiger partial charge is 0.0654 e. The standard InChI is InChI=1S/C23H46.2C10H20/c1-2-3-4-5-6-7-8-9-11-14-17-20-23-21-18-15-12-10-13-16-19-22-23;2*1-2-4-6-8-10-9-7-5-3-1/h23H,2-22H2,1H3;2*1-10H2. The van der Waals surface area contributed by atoms with Gasteiger partial charge in [0.25, 0.3) is 0 Å². The molecule has 0 aromatic heterocycles. The summed E-state index contributed by atoms with van der Waals surface area (Å²) in [5.74, 6) is 1.08. The molecule has 3 aliphatic carbocycles. The van der Waals surface area contributed by atoms with E-state index in [0.29, 0.717) is 0 Å². The van der Waals surface area contributed by atoms with Crippen LogP contribution in [0.3, 0.4) is 0 Å². The second-order valence-corrected chi connectivity index (χ2v) is 15.3. The van der Waals surface area contributed by atoms with Crippen molar-refractivity contribution < 1.29 is 0 Å². The van der Waals surface area contributed by atoms with Gasteiger partial charge in [0.1, 0.15) is 0 Å². The Bertz CT molecular complexity index is 384. The molecule has 258 valence electrons. The molecular weight excluding hydrogens is 516 g/mol. The number of unbranched alkanes of at least 4 members (excludes halogenated alkanes) is 10. The number of hydrogen-bond donors (Lipinski definition) is 0. The van der Waals surface area contributed by atoms with E-state index in [0.717, 1.165) is 5.92 Å². The van der Waals surface area contributed by atoms with E-state index in [1.807, 2.05) is 0 Å². The van der Waals surface area contributed by atoms with Crippen LogP contribution in [0.5, 0.6) is 0 Å². The lowest BCUT2D eigenvalue weighted by Gasteiger charge is -2.18. The zero-order chi connectivity index (χ0) is 30.6. The highest BCUT2D eigenvalue weighted by Gasteiger charge is 2.10. The van der Waals surface area contributed by atoms with Gasteiger partial charge in [0.15, 0.2) is 0 Å². The van der Waals surface area contributed by atoms with E-state index < -0.39 is 0 Å². The lowest BCUT2D eigenvalue weighted by molar-refractivity contribution is 0.356. The molecule has 0 amide bonds. The maximum atomic E-state index is 2.31. The van der Waals surface area contributed by atoms with Crippen LogP contribution < -0.4 is 0 Å². The van der Waals surface area contributed by atoms with Gasteiger partial charge in [-0.25, -0.2) is 0 Å². The molecule has 0 N–H and O–H groups in total. The Kier molecular flexibility index (Phi) is 34.8. The van der Waals surface area contributed by atoms with Gasteiger partial charge in [-0.1, -0.05) is 270 Å². The van der Waals surface area contributed by atoms with Crippen molar-refractivity contribution in [3.8, 4) is 0 Å². The van der Waals surface area contributed by atoms with Crippen molar-refractivity contribution in [3.05, 3.63) is 0 Å². The fraction of sp³-hybridized carbons (Fsp3) is 1.00.